The second kappa shape index (κ2) is 8.45. The van der Waals surface area contributed by atoms with Gasteiger partial charge < -0.3 is 19.4 Å². The molecule has 0 saturated heterocycles. The van der Waals surface area contributed by atoms with Crippen molar-refractivity contribution in [3.63, 3.8) is 0 Å². The zero-order valence-electron chi connectivity index (χ0n) is 16.0. The number of methoxy groups -OCH3 is 1. The average molecular weight is 453 g/mol. The smallest absolute Gasteiger partial charge is 0.340 e. The molecule has 2 heterocycles. The Balaban J connectivity index is 1.93. The molecule has 8 heteroatoms. The van der Waals surface area contributed by atoms with Gasteiger partial charge in [0.2, 0.25) is 0 Å². The predicted octanol–water partition coefficient (Wildman–Crippen LogP) is 3.93. The lowest BCUT2D eigenvalue weighted by Crippen LogP contribution is -2.37. The first-order valence-electron chi connectivity index (χ1n) is 9.00. The molecule has 0 bridgehead atoms. The first-order chi connectivity index (χ1) is 13.3. The van der Waals surface area contributed by atoms with E-state index >= 15 is 0 Å². The maximum absolute atomic E-state index is 14.6. The van der Waals surface area contributed by atoms with Gasteiger partial charge in [-0.2, -0.15) is 0 Å². The summed E-state index contributed by atoms with van der Waals surface area (Å²) in [6, 6.07) is 3.19. The topological polar surface area (TPSA) is 71.6 Å². The Hall–Kier alpha value is -2.19. The van der Waals surface area contributed by atoms with E-state index in [-0.39, 0.29) is 18.2 Å². The van der Waals surface area contributed by atoms with Gasteiger partial charge in [0, 0.05) is 23.8 Å². The summed E-state index contributed by atoms with van der Waals surface area (Å²) in [5.74, 6) is -1.33. The first-order valence-corrected chi connectivity index (χ1v) is 9.79. The van der Waals surface area contributed by atoms with E-state index in [1.807, 2.05) is 6.07 Å². The van der Waals surface area contributed by atoms with Crippen LogP contribution in [0, 0.1) is 19.7 Å². The fourth-order valence-electron chi connectivity index (χ4n) is 3.55. The van der Waals surface area contributed by atoms with Crippen LogP contribution in [0.1, 0.15) is 44.1 Å². The lowest BCUT2D eigenvalue weighted by molar-refractivity contribution is 0.0387. The third-order valence-electron chi connectivity index (χ3n) is 4.83. The first kappa shape index (κ1) is 20.5. The zero-order chi connectivity index (χ0) is 20.4. The van der Waals surface area contributed by atoms with Crippen LogP contribution in [0.5, 0.6) is 0 Å². The van der Waals surface area contributed by atoms with Crippen LogP contribution < -0.4 is 4.90 Å². The molecule has 0 fully saturated rings. The molecule has 0 radical (unpaired) electrons. The highest BCUT2D eigenvalue weighted by atomic mass is 79.9. The van der Waals surface area contributed by atoms with E-state index in [4.69, 9.17) is 9.47 Å². The fourth-order valence-corrected chi connectivity index (χ4v) is 4.03. The Bertz CT molecular complexity index is 925. The normalized spacial score (nSPS) is 13.4. The van der Waals surface area contributed by atoms with Crippen LogP contribution in [0.25, 0.3) is 0 Å². The summed E-state index contributed by atoms with van der Waals surface area (Å²) >= 11 is 3.30. The van der Waals surface area contributed by atoms with Crippen molar-refractivity contribution in [3.8, 4) is 0 Å². The van der Waals surface area contributed by atoms with Gasteiger partial charge in [0.25, 0.3) is 5.91 Å². The number of fused-ring (bicyclic) bond motifs is 1. The molecule has 1 aliphatic rings. The van der Waals surface area contributed by atoms with Gasteiger partial charge in [-0.05, 0) is 49.9 Å². The number of carbonyl (C=O) groups is 2. The molecular weight excluding hydrogens is 431 g/mol. The van der Waals surface area contributed by atoms with Crippen LogP contribution >= 0.6 is 15.9 Å². The molecule has 1 aliphatic heterocycles. The van der Waals surface area contributed by atoms with Crippen molar-refractivity contribution in [3.05, 3.63) is 50.5 Å². The van der Waals surface area contributed by atoms with Crippen molar-refractivity contribution < 1.29 is 23.5 Å². The Kier molecular flexibility index (Phi) is 6.20. The van der Waals surface area contributed by atoms with Gasteiger partial charge in [0.15, 0.2) is 0 Å². The molecule has 0 spiro atoms. The second-order valence-corrected chi connectivity index (χ2v) is 7.63. The second-order valence-electron chi connectivity index (χ2n) is 6.71. The summed E-state index contributed by atoms with van der Waals surface area (Å²) in [6.07, 6.45) is 1.44. The van der Waals surface area contributed by atoms with E-state index in [1.165, 1.54) is 18.1 Å². The number of aryl methyl sites for hydroxylation is 2. The van der Waals surface area contributed by atoms with E-state index in [0.717, 1.165) is 12.0 Å². The number of anilines is 1. The van der Waals surface area contributed by atoms with Gasteiger partial charge in [-0.3, -0.25) is 4.79 Å². The third-order valence-corrected chi connectivity index (χ3v) is 5.28. The molecule has 1 aromatic carbocycles. The lowest BCUT2D eigenvalue weighted by Gasteiger charge is -2.30. The minimum atomic E-state index is -0.517. The molecule has 6 nitrogen and oxygen atoms in total. The number of hydrogen-bond acceptors (Lipinski definition) is 4. The molecule has 0 aliphatic carbocycles. The zero-order valence-corrected chi connectivity index (χ0v) is 17.6. The molecule has 0 atom stereocenters. The van der Waals surface area contributed by atoms with Crippen LogP contribution in [0.3, 0.4) is 0 Å². The molecule has 0 unspecified atom stereocenters. The standard InChI is InChI=1S/C20H22BrFN2O4/c1-11-16(20(26)28-8-7-27-3)12(2)23-17(11)19(25)24-6-4-5-13-9-14(21)10-15(22)18(13)24/h9-10,23H,4-8H2,1-3H3. The monoisotopic (exact) mass is 452 g/mol. The molecule has 1 amide bonds. The van der Waals surface area contributed by atoms with Crippen LogP contribution in [-0.2, 0) is 15.9 Å². The highest BCUT2D eigenvalue weighted by molar-refractivity contribution is 9.10. The molecule has 3 rings (SSSR count). The number of nitrogens with one attached hydrogen (secondary N) is 1. The number of nitrogens with zero attached hydrogens (tertiary/aromatic N) is 1. The minimum absolute atomic E-state index is 0.127. The van der Waals surface area contributed by atoms with E-state index in [2.05, 4.69) is 20.9 Å². The van der Waals surface area contributed by atoms with Crippen molar-refractivity contribution in [2.24, 2.45) is 0 Å². The van der Waals surface area contributed by atoms with Crippen LogP contribution in [-0.4, -0.2) is 43.7 Å². The van der Waals surface area contributed by atoms with Gasteiger partial charge in [-0.25, -0.2) is 9.18 Å². The van der Waals surface area contributed by atoms with E-state index < -0.39 is 11.8 Å². The van der Waals surface area contributed by atoms with Gasteiger partial charge in [0.1, 0.15) is 18.1 Å². The van der Waals surface area contributed by atoms with Gasteiger partial charge in [0.05, 0.1) is 17.9 Å². The highest BCUT2D eigenvalue weighted by Crippen LogP contribution is 2.34. The number of esters is 1. The van der Waals surface area contributed by atoms with Crippen LogP contribution in [0.4, 0.5) is 10.1 Å². The predicted molar refractivity (Wildman–Crippen MR) is 107 cm³/mol. The summed E-state index contributed by atoms with van der Waals surface area (Å²) in [5.41, 5.74) is 2.72. The average Bonchev–Trinajstić information content (AvgIpc) is 2.94. The summed E-state index contributed by atoms with van der Waals surface area (Å²) in [6.45, 7) is 4.22. The number of benzene rings is 1. The van der Waals surface area contributed by atoms with Crippen molar-refractivity contribution in [1.29, 1.82) is 0 Å². The maximum atomic E-state index is 14.6. The fraction of sp³-hybridized carbons (Fsp3) is 0.400. The number of aromatic nitrogens is 1. The van der Waals surface area contributed by atoms with Crippen LogP contribution in [0.2, 0.25) is 0 Å². The summed E-state index contributed by atoms with van der Waals surface area (Å²) in [7, 11) is 1.52. The van der Waals surface area contributed by atoms with E-state index in [9.17, 15) is 14.0 Å². The Morgan fingerprint density at radius 3 is 2.75 bits per heavy atom. The quantitative estimate of drug-likeness (QED) is 0.550. The summed E-state index contributed by atoms with van der Waals surface area (Å²) in [4.78, 5) is 30.0. The number of H-pyrrole nitrogens is 1. The summed E-state index contributed by atoms with van der Waals surface area (Å²) in [5, 5.41) is 0. The molecule has 0 saturated carbocycles. The van der Waals surface area contributed by atoms with Gasteiger partial charge in [-0.15, -0.1) is 0 Å². The largest absolute Gasteiger partial charge is 0.460 e. The Labute approximate surface area is 171 Å². The maximum Gasteiger partial charge on any atom is 0.340 e. The van der Waals surface area contributed by atoms with Crippen molar-refractivity contribution in [2.75, 3.05) is 31.8 Å². The molecular formula is C20H22BrFN2O4. The molecule has 1 N–H and O–H groups in total. The van der Waals surface area contributed by atoms with E-state index in [0.29, 0.717) is 46.6 Å². The van der Waals surface area contributed by atoms with Crippen LogP contribution in [0.15, 0.2) is 16.6 Å². The number of amides is 1. The number of carbonyl (C=O) groups excluding carboxylic acids is 2. The molecule has 150 valence electrons. The SMILES string of the molecule is COCCOC(=O)c1c(C)[nH]c(C(=O)N2CCCc3cc(Br)cc(F)c32)c1C. The van der Waals surface area contributed by atoms with Gasteiger partial charge in [-0.1, -0.05) is 15.9 Å². The summed E-state index contributed by atoms with van der Waals surface area (Å²) < 4.78 is 25.3. The number of halogens is 2. The minimum Gasteiger partial charge on any atom is -0.460 e. The van der Waals surface area contributed by atoms with Gasteiger partial charge >= 0.3 is 5.97 Å². The lowest BCUT2D eigenvalue weighted by atomic mass is 10.0. The molecule has 2 aromatic rings. The van der Waals surface area contributed by atoms with Crippen molar-refractivity contribution >= 4 is 33.5 Å². The number of aromatic amines is 1. The highest BCUT2D eigenvalue weighted by Gasteiger charge is 2.31. The Morgan fingerprint density at radius 2 is 2.04 bits per heavy atom. The molecule has 28 heavy (non-hydrogen) atoms. The van der Waals surface area contributed by atoms with Crippen molar-refractivity contribution in [1.82, 2.24) is 4.98 Å². The van der Waals surface area contributed by atoms with Crippen molar-refractivity contribution in [2.45, 2.75) is 26.7 Å². The third kappa shape index (κ3) is 3.84. The van der Waals surface area contributed by atoms with E-state index in [1.54, 1.807) is 13.8 Å². The number of ether oxygens (including phenoxy) is 2. The molecule has 1 aromatic heterocycles. The number of hydrogen-bond donors (Lipinski definition) is 1. The Morgan fingerprint density at radius 1 is 1.29 bits per heavy atom. The number of rotatable bonds is 5.